The van der Waals surface area contributed by atoms with E-state index in [2.05, 4.69) is 43.7 Å². The first-order valence-electron chi connectivity index (χ1n) is 12.1. The molecule has 5 unspecified atom stereocenters. The highest BCUT2D eigenvalue weighted by molar-refractivity contribution is 5.87. The second-order valence-corrected chi connectivity index (χ2v) is 10.2. The lowest BCUT2D eigenvalue weighted by atomic mass is 9.61. The van der Waals surface area contributed by atoms with Crippen LogP contribution in [0.15, 0.2) is 23.8 Å². The average molecular weight is 418 g/mol. The van der Waals surface area contributed by atoms with Crippen LogP contribution in [0.1, 0.15) is 93.3 Å². The Hall–Kier alpha value is -1.22. The Morgan fingerprint density at radius 2 is 1.97 bits per heavy atom. The number of carbonyl (C=O) groups excluding carboxylic acids is 1. The third-order valence-electron chi connectivity index (χ3n) is 8.47. The molecule has 4 aliphatic rings. The van der Waals surface area contributed by atoms with Gasteiger partial charge in [0.1, 0.15) is 5.78 Å². The largest absolute Gasteiger partial charge is 0.388 e. The lowest BCUT2D eigenvalue weighted by molar-refractivity contribution is -0.118. The summed E-state index contributed by atoms with van der Waals surface area (Å²) >= 11 is 0. The highest BCUT2D eigenvalue weighted by atomic mass is 16.4. The van der Waals surface area contributed by atoms with Crippen LogP contribution in [0, 0.1) is 34.0 Å². The third-order valence-corrected chi connectivity index (χ3v) is 8.47. The molecular formula is C27H47NO2. The first-order chi connectivity index (χ1) is 14.3. The summed E-state index contributed by atoms with van der Waals surface area (Å²) in [5, 5.41) is 8.24. The van der Waals surface area contributed by atoms with Gasteiger partial charge < -0.3 is 10.1 Å². The van der Waals surface area contributed by atoms with Crippen molar-refractivity contribution in [2.75, 3.05) is 14.2 Å². The number of hydrogen-bond acceptors (Lipinski definition) is 3. The summed E-state index contributed by atoms with van der Waals surface area (Å²) in [6, 6.07) is 0. The highest BCUT2D eigenvalue weighted by Crippen LogP contribution is 2.87. The summed E-state index contributed by atoms with van der Waals surface area (Å²) in [4.78, 5) is 11.5. The first kappa shape index (κ1) is 25.0. The van der Waals surface area contributed by atoms with Gasteiger partial charge in [-0.25, -0.2) is 0 Å². The zero-order valence-electron chi connectivity index (χ0n) is 20.4. The zero-order chi connectivity index (χ0) is 22.4. The molecule has 3 saturated carbocycles. The predicted octanol–water partition coefficient (Wildman–Crippen LogP) is 7.41. The van der Waals surface area contributed by atoms with E-state index in [1.54, 1.807) is 27.1 Å². The van der Waals surface area contributed by atoms with E-state index in [0.29, 0.717) is 18.6 Å². The van der Waals surface area contributed by atoms with Crippen LogP contribution in [0.3, 0.4) is 0 Å². The Morgan fingerprint density at radius 1 is 1.27 bits per heavy atom. The summed E-state index contributed by atoms with van der Waals surface area (Å²) in [5.41, 5.74) is 3.80. The molecule has 1 N–H and O–H groups in total. The van der Waals surface area contributed by atoms with E-state index in [1.165, 1.54) is 23.8 Å². The van der Waals surface area contributed by atoms with Crippen molar-refractivity contribution in [1.82, 2.24) is 0 Å². The number of hydrogen-bond donors (Lipinski definition) is 1. The van der Waals surface area contributed by atoms with E-state index in [4.69, 9.17) is 5.41 Å². The van der Waals surface area contributed by atoms with E-state index in [0.717, 1.165) is 48.6 Å². The number of Topliss-reactive ketones (excluding diaryl/α,β-unsaturated/α-hetero) is 1. The van der Waals surface area contributed by atoms with Gasteiger partial charge in [-0.15, -0.1) is 0 Å². The molecule has 0 bridgehead atoms. The molecule has 4 aliphatic carbocycles. The Bertz CT molecular complexity index is 664. The SMILES string of the molecule is CC12CCC3C(C1)C32C.CCCCC(=N)C(CCC(=O)CC)C1=CC=CC1.COC.[HH]. The van der Waals surface area contributed by atoms with Crippen LogP contribution in [-0.2, 0) is 9.53 Å². The molecule has 0 aliphatic heterocycles. The number of ether oxygens (including phenoxy) is 1. The molecule has 0 aromatic heterocycles. The van der Waals surface area contributed by atoms with Crippen molar-refractivity contribution in [2.45, 2.75) is 91.9 Å². The molecule has 0 aromatic rings. The van der Waals surface area contributed by atoms with Crippen LogP contribution >= 0.6 is 0 Å². The molecule has 3 nitrogen and oxygen atoms in total. The molecular weight excluding hydrogens is 370 g/mol. The third kappa shape index (κ3) is 5.15. The summed E-state index contributed by atoms with van der Waals surface area (Å²) < 4.78 is 4.25. The van der Waals surface area contributed by atoms with E-state index in [1.807, 2.05) is 6.92 Å². The fraction of sp³-hybridized carbons (Fsp3) is 0.778. The van der Waals surface area contributed by atoms with Crippen molar-refractivity contribution in [1.29, 1.82) is 5.41 Å². The van der Waals surface area contributed by atoms with Crippen LogP contribution in [0.4, 0.5) is 0 Å². The smallest absolute Gasteiger partial charge is 0.132 e. The topological polar surface area (TPSA) is 50.2 Å². The minimum absolute atomic E-state index is 0. The second-order valence-electron chi connectivity index (χ2n) is 10.2. The number of allylic oxidation sites excluding steroid dienone is 4. The Balaban J connectivity index is 0.000000303. The van der Waals surface area contributed by atoms with Gasteiger partial charge in [0.05, 0.1) is 0 Å². The Morgan fingerprint density at radius 3 is 2.33 bits per heavy atom. The number of nitrogens with one attached hydrogen (secondary N) is 1. The molecule has 30 heavy (non-hydrogen) atoms. The molecule has 3 heteroatoms. The van der Waals surface area contributed by atoms with Gasteiger partial charge in [0, 0.05) is 40.1 Å². The van der Waals surface area contributed by atoms with Crippen LogP contribution in [0.25, 0.3) is 0 Å². The Kier molecular flexibility index (Phi) is 9.09. The van der Waals surface area contributed by atoms with E-state index < -0.39 is 0 Å². The number of carbonyl (C=O) groups is 1. The lowest BCUT2D eigenvalue weighted by Crippen LogP contribution is -2.36. The standard InChI is InChI=1S/C16H25NO.C9H14.C2H6O.H2/c1-3-5-10-16(17)15(12-11-14(18)4-2)13-8-6-7-9-13;1-8-4-3-6-7(5-8)9(6,8)2;1-3-2;/h6-8,15,17H,3-5,9-12H2,1-2H3;6-7H,3-5H2,1-2H3;1-2H3;1H. The zero-order valence-corrected chi connectivity index (χ0v) is 20.4. The second kappa shape index (κ2) is 10.9. The van der Waals surface area contributed by atoms with Crippen molar-refractivity contribution in [3.05, 3.63) is 23.8 Å². The van der Waals surface area contributed by atoms with E-state index in [9.17, 15) is 4.79 Å². The number of unbranched alkanes of at least 4 members (excludes halogenated alkanes) is 1. The summed E-state index contributed by atoms with van der Waals surface area (Å²) in [6.07, 6.45) is 17.1. The predicted molar refractivity (Wildman–Crippen MR) is 129 cm³/mol. The van der Waals surface area contributed by atoms with Gasteiger partial charge in [-0.2, -0.15) is 0 Å². The van der Waals surface area contributed by atoms with Crippen molar-refractivity contribution in [3.8, 4) is 0 Å². The van der Waals surface area contributed by atoms with Crippen molar-refractivity contribution in [3.63, 3.8) is 0 Å². The molecule has 0 saturated heterocycles. The van der Waals surface area contributed by atoms with Crippen LogP contribution in [0.5, 0.6) is 0 Å². The maximum Gasteiger partial charge on any atom is 0.132 e. The minimum atomic E-state index is 0. The summed E-state index contributed by atoms with van der Waals surface area (Å²) in [5.74, 6) is 2.86. The fourth-order valence-corrected chi connectivity index (χ4v) is 6.20. The van der Waals surface area contributed by atoms with Gasteiger partial charge in [0.25, 0.3) is 0 Å². The van der Waals surface area contributed by atoms with Crippen molar-refractivity contribution < 1.29 is 11.0 Å². The molecule has 0 heterocycles. The van der Waals surface area contributed by atoms with Gasteiger partial charge in [0.15, 0.2) is 0 Å². The van der Waals surface area contributed by atoms with Crippen LogP contribution in [0.2, 0.25) is 0 Å². The number of ketones is 1. The van der Waals surface area contributed by atoms with Gasteiger partial charge >= 0.3 is 0 Å². The lowest BCUT2D eigenvalue weighted by Gasteiger charge is -2.44. The Labute approximate surface area is 186 Å². The van der Waals surface area contributed by atoms with Gasteiger partial charge in [-0.1, -0.05) is 57.9 Å². The average Bonchev–Trinajstić information content (AvgIpc) is 3.08. The molecule has 172 valence electrons. The highest BCUT2D eigenvalue weighted by Gasteiger charge is 2.80. The number of methoxy groups -OCH3 is 1. The van der Waals surface area contributed by atoms with E-state index >= 15 is 0 Å². The molecule has 3 fully saturated rings. The summed E-state index contributed by atoms with van der Waals surface area (Å²) in [6.45, 7) is 9.07. The minimum Gasteiger partial charge on any atom is -0.388 e. The van der Waals surface area contributed by atoms with Crippen LogP contribution < -0.4 is 0 Å². The van der Waals surface area contributed by atoms with Gasteiger partial charge in [-0.3, -0.25) is 4.79 Å². The maximum atomic E-state index is 11.5. The van der Waals surface area contributed by atoms with Gasteiger partial charge in [0.2, 0.25) is 0 Å². The van der Waals surface area contributed by atoms with Gasteiger partial charge in [-0.05, 0) is 67.6 Å². The number of rotatable bonds is 9. The molecule has 0 radical (unpaired) electrons. The maximum absolute atomic E-state index is 11.5. The fourth-order valence-electron chi connectivity index (χ4n) is 6.20. The molecule has 0 aromatic carbocycles. The van der Waals surface area contributed by atoms with E-state index in [-0.39, 0.29) is 7.34 Å². The van der Waals surface area contributed by atoms with Crippen LogP contribution in [-0.4, -0.2) is 25.7 Å². The molecule has 0 spiro atoms. The monoisotopic (exact) mass is 417 g/mol. The van der Waals surface area contributed by atoms with Crippen molar-refractivity contribution in [2.24, 2.45) is 28.6 Å². The molecule has 4 rings (SSSR count). The molecule has 0 amide bonds. The van der Waals surface area contributed by atoms with Crippen molar-refractivity contribution >= 4 is 11.5 Å². The molecule has 5 atom stereocenters. The quantitative estimate of drug-likeness (QED) is 0.397. The number of fused-ring (bicyclic) bond motifs is 1. The normalized spacial score (nSPS) is 32.5. The first-order valence-corrected chi connectivity index (χ1v) is 12.1. The summed E-state index contributed by atoms with van der Waals surface area (Å²) in [7, 11) is 3.25.